The third kappa shape index (κ3) is 2.90. The lowest BCUT2D eigenvalue weighted by Crippen LogP contribution is -2.32. The van der Waals surface area contributed by atoms with E-state index < -0.39 is 0 Å². The number of nitrogens with zero attached hydrogens (tertiary/aromatic N) is 1. The molecule has 1 aliphatic heterocycles. The van der Waals surface area contributed by atoms with Crippen molar-refractivity contribution in [1.29, 1.82) is 0 Å². The number of hydrogen-bond donors (Lipinski definition) is 0. The second kappa shape index (κ2) is 5.09. The van der Waals surface area contributed by atoms with E-state index in [-0.39, 0.29) is 5.41 Å². The summed E-state index contributed by atoms with van der Waals surface area (Å²) in [4.78, 5) is 14.7. The third-order valence-electron chi connectivity index (χ3n) is 4.70. The Hall–Kier alpha value is -0.370. The Balaban J connectivity index is 1.81. The van der Waals surface area contributed by atoms with Gasteiger partial charge in [-0.25, -0.2) is 0 Å². The highest BCUT2D eigenvalue weighted by atomic mass is 16.1. The van der Waals surface area contributed by atoms with Crippen molar-refractivity contribution in [3.63, 3.8) is 0 Å². The van der Waals surface area contributed by atoms with E-state index >= 15 is 0 Å². The number of carbonyl (C=O) groups is 1. The van der Waals surface area contributed by atoms with Gasteiger partial charge in [0.1, 0.15) is 5.78 Å². The van der Waals surface area contributed by atoms with Gasteiger partial charge in [0.15, 0.2) is 0 Å². The van der Waals surface area contributed by atoms with Crippen molar-refractivity contribution in [1.82, 2.24) is 4.90 Å². The molecule has 0 N–H and O–H groups in total. The molecule has 2 rings (SSSR count). The Morgan fingerprint density at radius 3 is 2.71 bits per heavy atom. The van der Waals surface area contributed by atoms with Gasteiger partial charge in [0.25, 0.3) is 0 Å². The summed E-state index contributed by atoms with van der Waals surface area (Å²) in [5, 5.41) is 0. The van der Waals surface area contributed by atoms with E-state index in [1.807, 2.05) is 0 Å². The van der Waals surface area contributed by atoms with Crippen molar-refractivity contribution in [2.24, 2.45) is 17.3 Å². The first-order chi connectivity index (χ1) is 8.03. The summed E-state index contributed by atoms with van der Waals surface area (Å²) < 4.78 is 0. The molecule has 1 heterocycles. The fourth-order valence-electron chi connectivity index (χ4n) is 3.55. The van der Waals surface area contributed by atoms with Gasteiger partial charge in [0.2, 0.25) is 0 Å². The van der Waals surface area contributed by atoms with Crippen LogP contribution in [0.3, 0.4) is 0 Å². The summed E-state index contributed by atoms with van der Waals surface area (Å²) in [7, 11) is 0. The number of carbonyl (C=O) groups excluding carboxylic acids is 1. The zero-order valence-corrected chi connectivity index (χ0v) is 11.7. The Labute approximate surface area is 106 Å². The van der Waals surface area contributed by atoms with Gasteiger partial charge < -0.3 is 4.90 Å². The Morgan fingerprint density at radius 1 is 1.35 bits per heavy atom. The first-order valence-electron chi connectivity index (χ1n) is 7.29. The maximum Gasteiger partial charge on any atom is 0.142 e. The van der Waals surface area contributed by atoms with Gasteiger partial charge in [-0.15, -0.1) is 0 Å². The van der Waals surface area contributed by atoms with Crippen LogP contribution in [-0.4, -0.2) is 30.3 Å². The van der Waals surface area contributed by atoms with Gasteiger partial charge >= 0.3 is 0 Å². The van der Waals surface area contributed by atoms with Crippen LogP contribution >= 0.6 is 0 Å². The van der Waals surface area contributed by atoms with Crippen molar-refractivity contribution < 1.29 is 4.79 Å². The third-order valence-corrected chi connectivity index (χ3v) is 4.70. The van der Waals surface area contributed by atoms with Gasteiger partial charge in [0.05, 0.1) is 0 Å². The average molecular weight is 237 g/mol. The predicted molar refractivity (Wildman–Crippen MR) is 71.0 cm³/mol. The normalized spacial score (nSPS) is 33.5. The lowest BCUT2D eigenvalue weighted by molar-refractivity contribution is -0.127. The van der Waals surface area contributed by atoms with Gasteiger partial charge in [-0.3, -0.25) is 4.79 Å². The van der Waals surface area contributed by atoms with Crippen LogP contribution in [0.15, 0.2) is 0 Å². The van der Waals surface area contributed by atoms with Crippen LogP contribution in [0.25, 0.3) is 0 Å². The van der Waals surface area contributed by atoms with Crippen LogP contribution in [0.2, 0.25) is 0 Å². The highest BCUT2D eigenvalue weighted by Gasteiger charge is 2.41. The van der Waals surface area contributed by atoms with Crippen LogP contribution in [0.1, 0.15) is 52.9 Å². The van der Waals surface area contributed by atoms with Crippen LogP contribution < -0.4 is 0 Å². The number of likely N-dealkylation sites (tertiary alicyclic amines) is 1. The molecule has 0 radical (unpaired) electrons. The van der Waals surface area contributed by atoms with Crippen LogP contribution in [-0.2, 0) is 4.79 Å². The summed E-state index contributed by atoms with van der Waals surface area (Å²) in [6.07, 6.45) is 6.20. The van der Waals surface area contributed by atoms with E-state index in [0.717, 1.165) is 25.3 Å². The molecule has 0 spiro atoms. The number of rotatable bonds is 4. The molecule has 2 heteroatoms. The molecule has 2 unspecified atom stereocenters. The van der Waals surface area contributed by atoms with E-state index in [9.17, 15) is 4.79 Å². The molecule has 1 aliphatic carbocycles. The van der Waals surface area contributed by atoms with Crippen LogP contribution in [0.4, 0.5) is 0 Å². The van der Waals surface area contributed by atoms with Gasteiger partial charge in [-0.05, 0) is 38.1 Å². The summed E-state index contributed by atoms with van der Waals surface area (Å²) >= 11 is 0. The minimum Gasteiger partial charge on any atom is -0.302 e. The van der Waals surface area contributed by atoms with E-state index in [4.69, 9.17) is 0 Å². The van der Waals surface area contributed by atoms with E-state index in [2.05, 4.69) is 25.7 Å². The number of ketones is 1. The average Bonchev–Trinajstić information content (AvgIpc) is 2.80. The molecule has 2 atom stereocenters. The highest BCUT2D eigenvalue weighted by Crippen LogP contribution is 2.38. The molecule has 2 fully saturated rings. The molecular formula is C15H27NO. The second-order valence-corrected chi connectivity index (χ2v) is 6.69. The Bertz CT molecular complexity index is 285. The van der Waals surface area contributed by atoms with Crippen molar-refractivity contribution in [2.45, 2.75) is 52.9 Å². The molecule has 0 aromatic heterocycles. The van der Waals surface area contributed by atoms with E-state index in [0.29, 0.717) is 11.7 Å². The SMILES string of the molecule is CCCC1CCN(CC2CCC(C)(C)C2=O)C1. The highest BCUT2D eigenvalue weighted by molar-refractivity contribution is 5.88. The van der Waals surface area contributed by atoms with Gasteiger partial charge in [0, 0.05) is 24.4 Å². The predicted octanol–water partition coefficient (Wildman–Crippen LogP) is 3.11. The van der Waals surface area contributed by atoms with E-state index in [1.54, 1.807) is 0 Å². The largest absolute Gasteiger partial charge is 0.302 e. The summed E-state index contributed by atoms with van der Waals surface area (Å²) in [6.45, 7) is 9.97. The first-order valence-corrected chi connectivity index (χ1v) is 7.29. The van der Waals surface area contributed by atoms with Crippen LogP contribution in [0, 0.1) is 17.3 Å². The topological polar surface area (TPSA) is 20.3 Å². The molecule has 0 aromatic carbocycles. The molecule has 98 valence electrons. The molecule has 0 aromatic rings. The fraction of sp³-hybridized carbons (Fsp3) is 0.933. The van der Waals surface area contributed by atoms with E-state index in [1.165, 1.54) is 32.4 Å². The van der Waals surface area contributed by atoms with Crippen LogP contribution in [0.5, 0.6) is 0 Å². The molecule has 17 heavy (non-hydrogen) atoms. The second-order valence-electron chi connectivity index (χ2n) is 6.69. The van der Waals surface area contributed by atoms with Crippen molar-refractivity contribution in [3.05, 3.63) is 0 Å². The molecule has 0 amide bonds. The number of Topliss-reactive ketones (excluding diaryl/α,β-unsaturated/α-hetero) is 1. The minimum atomic E-state index is -0.0484. The lowest BCUT2D eigenvalue weighted by Gasteiger charge is -2.21. The van der Waals surface area contributed by atoms with Gasteiger partial charge in [-0.1, -0.05) is 27.2 Å². The quantitative estimate of drug-likeness (QED) is 0.749. The zero-order chi connectivity index (χ0) is 12.5. The van der Waals surface area contributed by atoms with Crippen molar-refractivity contribution in [2.75, 3.05) is 19.6 Å². The molecule has 1 saturated carbocycles. The first kappa shape index (κ1) is 13.1. The molecule has 2 aliphatic rings. The van der Waals surface area contributed by atoms with Crippen molar-refractivity contribution >= 4 is 5.78 Å². The molecule has 1 saturated heterocycles. The molecule has 2 nitrogen and oxygen atoms in total. The summed E-state index contributed by atoms with van der Waals surface area (Å²) in [5.74, 6) is 1.73. The summed E-state index contributed by atoms with van der Waals surface area (Å²) in [5.41, 5.74) is -0.0484. The Kier molecular flexibility index (Phi) is 3.92. The molecule has 0 bridgehead atoms. The minimum absolute atomic E-state index is 0.0484. The smallest absolute Gasteiger partial charge is 0.142 e. The zero-order valence-electron chi connectivity index (χ0n) is 11.7. The maximum absolute atomic E-state index is 12.2. The lowest BCUT2D eigenvalue weighted by atomic mass is 9.89. The standard InChI is InChI=1S/C15H27NO/c1-4-5-12-7-9-16(10-12)11-13-6-8-15(2,3)14(13)17/h12-13H,4-11H2,1-3H3. The molecular weight excluding hydrogens is 210 g/mol. The maximum atomic E-state index is 12.2. The van der Waals surface area contributed by atoms with Crippen molar-refractivity contribution in [3.8, 4) is 0 Å². The number of hydrogen-bond acceptors (Lipinski definition) is 2. The Morgan fingerprint density at radius 2 is 2.12 bits per heavy atom. The fourth-order valence-corrected chi connectivity index (χ4v) is 3.55. The summed E-state index contributed by atoms with van der Waals surface area (Å²) in [6, 6.07) is 0. The monoisotopic (exact) mass is 237 g/mol. The van der Waals surface area contributed by atoms with Gasteiger partial charge in [-0.2, -0.15) is 0 Å².